The van der Waals surface area contributed by atoms with E-state index in [1.807, 2.05) is 13.8 Å². The van der Waals surface area contributed by atoms with Crippen LogP contribution in [0.4, 0.5) is 13.2 Å². The molecular weight excluding hydrogens is 335 g/mol. The lowest BCUT2D eigenvalue weighted by atomic mass is 10.0. The summed E-state index contributed by atoms with van der Waals surface area (Å²) in [6.45, 7) is 4.05. The first kappa shape index (κ1) is 18.7. The molecule has 0 aromatic carbocycles. The lowest BCUT2D eigenvalue weighted by Gasteiger charge is -2.07. The molecule has 0 spiro atoms. The SMILES string of the molecule is CCC(C)Cc1nn(-c2ccc(C(F)(F)F)cn2)cc1C=CC(=O)[O-]. The summed E-state index contributed by atoms with van der Waals surface area (Å²) < 4.78 is 39.2. The number of hydrogen-bond acceptors (Lipinski definition) is 4. The molecule has 0 fully saturated rings. The van der Waals surface area contributed by atoms with E-state index >= 15 is 0 Å². The molecule has 0 aliphatic rings. The number of carboxylic acid groups (broad SMARTS) is 1. The van der Waals surface area contributed by atoms with Crippen molar-refractivity contribution in [2.75, 3.05) is 0 Å². The number of aliphatic carboxylic acids is 1. The molecule has 0 aliphatic carbocycles. The Hall–Kier alpha value is -2.64. The van der Waals surface area contributed by atoms with Gasteiger partial charge in [0, 0.05) is 18.0 Å². The number of nitrogens with zero attached hydrogens (tertiary/aromatic N) is 3. The average molecular weight is 352 g/mol. The molecule has 2 aromatic heterocycles. The second-order valence-corrected chi connectivity index (χ2v) is 5.75. The van der Waals surface area contributed by atoms with Crippen molar-refractivity contribution in [2.45, 2.75) is 32.9 Å². The Labute approximate surface area is 142 Å². The van der Waals surface area contributed by atoms with E-state index in [1.54, 1.807) is 0 Å². The van der Waals surface area contributed by atoms with Crippen molar-refractivity contribution in [3.8, 4) is 5.82 Å². The average Bonchev–Trinajstić information content (AvgIpc) is 2.95. The van der Waals surface area contributed by atoms with Crippen LogP contribution in [0.3, 0.4) is 0 Å². The number of alkyl halides is 3. The van der Waals surface area contributed by atoms with E-state index in [1.165, 1.54) is 23.0 Å². The van der Waals surface area contributed by atoms with E-state index in [0.29, 0.717) is 23.6 Å². The Bertz CT molecular complexity index is 764. The normalized spacial score (nSPS) is 13.3. The second-order valence-electron chi connectivity index (χ2n) is 5.75. The third kappa shape index (κ3) is 4.91. The first-order chi connectivity index (χ1) is 11.7. The van der Waals surface area contributed by atoms with Crippen molar-refractivity contribution < 1.29 is 23.1 Å². The largest absolute Gasteiger partial charge is 0.545 e. The first-order valence-electron chi connectivity index (χ1n) is 7.72. The third-order valence-electron chi connectivity index (χ3n) is 3.77. The number of carboxylic acids is 1. The predicted molar refractivity (Wildman–Crippen MR) is 83.6 cm³/mol. The van der Waals surface area contributed by atoms with E-state index < -0.39 is 17.7 Å². The van der Waals surface area contributed by atoms with Crippen LogP contribution < -0.4 is 5.11 Å². The molecular formula is C17H17F3N3O2-. The van der Waals surface area contributed by atoms with E-state index in [4.69, 9.17) is 0 Å². The maximum atomic E-state index is 12.6. The van der Waals surface area contributed by atoms with E-state index in [2.05, 4.69) is 10.1 Å². The van der Waals surface area contributed by atoms with Crippen LogP contribution in [-0.4, -0.2) is 20.7 Å². The fourth-order valence-corrected chi connectivity index (χ4v) is 2.16. The Kier molecular flexibility index (Phi) is 5.61. The predicted octanol–water partition coefficient (Wildman–Crippen LogP) is 2.64. The molecule has 0 saturated heterocycles. The van der Waals surface area contributed by atoms with E-state index in [0.717, 1.165) is 24.8 Å². The van der Waals surface area contributed by atoms with Gasteiger partial charge in [0.2, 0.25) is 0 Å². The minimum atomic E-state index is -4.46. The van der Waals surface area contributed by atoms with Crippen LogP contribution >= 0.6 is 0 Å². The van der Waals surface area contributed by atoms with Gasteiger partial charge in [-0.2, -0.15) is 18.3 Å². The number of aromatic nitrogens is 3. The van der Waals surface area contributed by atoms with Crippen LogP contribution in [-0.2, 0) is 17.4 Å². The highest BCUT2D eigenvalue weighted by Gasteiger charge is 2.30. The van der Waals surface area contributed by atoms with Gasteiger partial charge in [0.25, 0.3) is 0 Å². The zero-order valence-electron chi connectivity index (χ0n) is 13.7. The van der Waals surface area contributed by atoms with Gasteiger partial charge in [-0.15, -0.1) is 0 Å². The van der Waals surface area contributed by atoms with Crippen LogP contribution in [0.1, 0.15) is 37.1 Å². The van der Waals surface area contributed by atoms with Crippen molar-refractivity contribution >= 4 is 12.0 Å². The van der Waals surface area contributed by atoms with Crippen LogP contribution in [0.15, 0.2) is 30.6 Å². The molecule has 0 aliphatic heterocycles. The molecule has 2 aromatic rings. The Morgan fingerprint density at radius 3 is 2.64 bits per heavy atom. The van der Waals surface area contributed by atoms with Gasteiger partial charge >= 0.3 is 6.18 Å². The topological polar surface area (TPSA) is 70.8 Å². The molecule has 134 valence electrons. The second kappa shape index (κ2) is 7.50. The fraction of sp³-hybridized carbons (Fsp3) is 0.353. The summed E-state index contributed by atoms with van der Waals surface area (Å²) in [5.74, 6) is -0.805. The van der Waals surface area contributed by atoms with Gasteiger partial charge in [0.15, 0.2) is 5.82 Å². The molecule has 0 bridgehead atoms. The van der Waals surface area contributed by atoms with Crippen LogP contribution in [0.5, 0.6) is 0 Å². The van der Waals surface area contributed by atoms with Gasteiger partial charge in [-0.05, 0) is 36.6 Å². The number of pyridine rings is 1. The smallest absolute Gasteiger partial charge is 0.417 e. The molecule has 0 N–H and O–H groups in total. The minimum Gasteiger partial charge on any atom is -0.545 e. The molecule has 1 unspecified atom stereocenters. The fourth-order valence-electron chi connectivity index (χ4n) is 2.16. The zero-order valence-corrected chi connectivity index (χ0v) is 13.7. The highest BCUT2D eigenvalue weighted by molar-refractivity contribution is 5.83. The standard InChI is InChI=1S/C17H18F3N3O2/c1-3-11(2)8-14-12(4-7-16(24)25)10-23(22-14)15-6-5-13(9-21-15)17(18,19)20/h4-7,9-11H,3,8H2,1-2H3,(H,24,25)/p-1. The molecule has 0 amide bonds. The van der Waals surface area contributed by atoms with Crippen LogP contribution in [0.2, 0.25) is 0 Å². The molecule has 1 atom stereocenters. The van der Waals surface area contributed by atoms with Crippen molar-refractivity contribution in [1.82, 2.24) is 14.8 Å². The Balaban J connectivity index is 2.37. The number of carbonyl (C=O) groups is 1. The van der Waals surface area contributed by atoms with Gasteiger partial charge in [-0.3, -0.25) is 0 Å². The van der Waals surface area contributed by atoms with Crippen molar-refractivity contribution in [3.63, 3.8) is 0 Å². The highest BCUT2D eigenvalue weighted by Crippen LogP contribution is 2.28. The summed E-state index contributed by atoms with van der Waals surface area (Å²) >= 11 is 0. The van der Waals surface area contributed by atoms with Gasteiger partial charge in [0.05, 0.1) is 17.2 Å². The molecule has 5 nitrogen and oxygen atoms in total. The van der Waals surface area contributed by atoms with Crippen molar-refractivity contribution in [3.05, 3.63) is 47.4 Å². The van der Waals surface area contributed by atoms with Gasteiger partial charge in [-0.25, -0.2) is 9.67 Å². The summed E-state index contributed by atoms with van der Waals surface area (Å²) in [5.41, 5.74) is 0.361. The Morgan fingerprint density at radius 1 is 1.40 bits per heavy atom. The summed E-state index contributed by atoms with van der Waals surface area (Å²) in [6.07, 6.45) is 1.59. The molecule has 25 heavy (non-hydrogen) atoms. The van der Waals surface area contributed by atoms with E-state index in [-0.39, 0.29) is 5.82 Å². The molecule has 0 radical (unpaired) electrons. The lowest BCUT2D eigenvalue weighted by molar-refractivity contribution is -0.297. The third-order valence-corrected chi connectivity index (χ3v) is 3.77. The maximum absolute atomic E-state index is 12.6. The van der Waals surface area contributed by atoms with Gasteiger partial charge in [-0.1, -0.05) is 20.3 Å². The maximum Gasteiger partial charge on any atom is 0.417 e. The Morgan fingerprint density at radius 2 is 2.12 bits per heavy atom. The monoisotopic (exact) mass is 352 g/mol. The van der Waals surface area contributed by atoms with E-state index in [9.17, 15) is 23.1 Å². The highest BCUT2D eigenvalue weighted by atomic mass is 19.4. The summed E-state index contributed by atoms with van der Waals surface area (Å²) in [6, 6.07) is 2.14. The number of halogens is 3. The molecule has 0 saturated carbocycles. The summed E-state index contributed by atoms with van der Waals surface area (Å²) in [4.78, 5) is 14.4. The number of carbonyl (C=O) groups excluding carboxylic acids is 1. The molecule has 2 rings (SSSR count). The minimum absolute atomic E-state index is 0.214. The zero-order chi connectivity index (χ0) is 18.6. The van der Waals surface area contributed by atoms with Gasteiger partial charge < -0.3 is 9.90 Å². The molecule has 2 heterocycles. The summed E-state index contributed by atoms with van der Waals surface area (Å²) in [5, 5.41) is 15.0. The van der Waals surface area contributed by atoms with Gasteiger partial charge in [0.1, 0.15) is 0 Å². The van der Waals surface area contributed by atoms with Crippen molar-refractivity contribution in [1.29, 1.82) is 0 Å². The quantitative estimate of drug-likeness (QED) is 0.750. The number of rotatable bonds is 6. The van der Waals surface area contributed by atoms with Crippen molar-refractivity contribution in [2.24, 2.45) is 5.92 Å². The lowest BCUT2D eigenvalue weighted by Crippen LogP contribution is -2.18. The number of hydrogen-bond donors (Lipinski definition) is 0. The first-order valence-corrected chi connectivity index (χ1v) is 7.72. The molecule has 8 heteroatoms. The van der Waals surface area contributed by atoms with Crippen LogP contribution in [0, 0.1) is 5.92 Å². The summed E-state index contributed by atoms with van der Waals surface area (Å²) in [7, 11) is 0. The van der Waals surface area contributed by atoms with Crippen LogP contribution in [0.25, 0.3) is 11.9 Å².